The Morgan fingerprint density at radius 1 is 1.03 bits per heavy atom. The maximum Gasteiger partial charge on any atom is 0.351 e. The molecule has 0 saturated heterocycles. The van der Waals surface area contributed by atoms with E-state index in [-0.39, 0.29) is 0 Å². The lowest BCUT2D eigenvalue weighted by Gasteiger charge is -2.19. The molecule has 1 heterocycles. The van der Waals surface area contributed by atoms with E-state index in [1.54, 1.807) is 24.5 Å². The number of ether oxygens (including phenoxy) is 2. The van der Waals surface area contributed by atoms with Gasteiger partial charge in [-0.1, -0.05) is 72.3 Å². The summed E-state index contributed by atoms with van der Waals surface area (Å²) < 4.78 is 13.0. The molecule has 4 aromatic rings. The Kier molecular flexibility index (Phi) is 6.29. The lowest BCUT2D eigenvalue weighted by atomic mass is 10.1. The number of nitrogens with zero attached hydrogens (tertiary/aromatic N) is 3. The molecule has 0 N–H and O–H groups in total. The second kappa shape index (κ2) is 9.45. The normalized spacial score (nSPS) is 11.7. The Balaban J connectivity index is 1.72. The first-order valence-corrected chi connectivity index (χ1v) is 10.0. The average Bonchev–Trinajstić information content (AvgIpc) is 3.27. The molecule has 0 radical (unpaired) electrons. The summed E-state index contributed by atoms with van der Waals surface area (Å²) in [6, 6.07) is 24.4. The molecule has 0 fully saturated rings. The number of methoxy groups -OCH3 is 1. The van der Waals surface area contributed by atoms with E-state index in [0.717, 1.165) is 5.56 Å². The molecule has 0 aliphatic carbocycles. The summed E-state index contributed by atoms with van der Waals surface area (Å²) >= 11 is 6.29. The average molecular weight is 434 g/mol. The molecule has 0 bridgehead atoms. The van der Waals surface area contributed by atoms with Crippen molar-refractivity contribution in [3.63, 3.8) is 0 Å². The summed E-state index contributed by atoms with van der Waals surface area (Å²) in [6.07, 6.45) is 0.721. The van der Waals surface area contributed by atoms with E-state index < -0.39 is 12.1 Å². The van der Waals surface area contributed by atoms with Gasteiger partial charge >= 0.3 is 5.97 Å². The first-order chi connectivity index (χ1) is 15.2. The van der Waals surface area contributed by atoms with Gasteiger partial charge in [0.15, 0.2) is 5.82 Å². The highest BCUT2D eigenvalue weighted by Gasteiger charge is 2.26. The van der Waals surface area contributed by atoms with Crippen LogP contribution in [0, 0.1) is 0 Å². The van der Waals surface area contributed by atoms with Crippen LogP contribution in [0.2, 0.25) is 5.02 Å². The Morgan fingerprint density at radius 3 is 2.45 bits per heavy atom. The third kappa shape index (κ3) is 4.75. The molecule has 0 amide bonds. The lowest BCUT2D eigenvalue weighted by Crippen LogP contribution is -2.20. The Morgan fingerprint density at radius 2 is 1.74 bits per heavy atom. The van der Waals surface area contributed by atoms with Crippen molar-refractivity contribution in [1.29, 1.82) is 0 Å². The Hall–Kier alpha value is -3.64. The topological polar surface area (TPSA) is 66.2 Å². The second-order valence-corrected chi connectivity index (χ2v) is 7.28. The molecule has 7 heteroatoms. The number of carbonyl (C=O) groups excluding carboxylic acids is 1. The summed E-state index contributed by atoms with van der Waals surface area (Å²) in [4.78, 5) is 12.5. The second-order valence-electron chi connectivity index (χ2n) is 6.84. The molecule has 0 spiro atoms. The van der Waals surface area contributed by atoms with Crippen molar-refractivity contribution in [2.45, 2.75) is 12.6 Å². The molecule has 31 heavy (non-hydrogen) atoms. The van der Waals surface area contributed by atoms with Crippen LogP contribution in [0.5, 0.6) is 5.75 Å². The van der Waals surface area contributed by atoms with Gasteiger partial charge in [-0.05, 0) is 23.8 Å². The van der Waals surface area contributed by atoms with Crippen molar-refractivity contribution >= 4 is 17.6 Å². The van der Waals surface area contributed by atoms with Crippen LogP contribution in [0.1, 0.15) is 17.2 Å². The molecule has 6 nitrogen and oxygen atoms in total. The summed E-state index contributed by atoms with van der Waals surface area (Å²) in [5.41, 5.74) is 2.41. The van der Waals surface area contributed by atoms with Gasteiger partial charge in [0.25, 0.3) is 0 Å². The van der Waals surface area contributed by atoms with Gasteiger partial charge < -0.3 is 14.0 Å². The number of halogens is 1. The third-order valence-corrected chi connectivity index (χ3v) is 4.99. The maximum atomic E-state index is 12.5. The highest BCUT2D eigenvalue weighted by Crippen LogP contribution is 2.35. The van der Waals surface area contributed by atoms with Gasteiger partial charge in [-0.3, -0.25) is 0 Å². The standard InChI is InChI=1S/C24H20ClN3O3/c1-30-24(29)22(18-10-6-3-7-11-18)31-21-13-12-19(25)14-20(21)23-27-26-16-28(23)15-17-8-4-2-5-9-17/h2-14,16,22H,15H2,1H3. The molecule has 1 unspecified atom stereocenters. The van der Waals surface area contributed by atoms with E-state index in [2.05, 4.69) is 10.2 Å². The van der Waals surface area contributed by atoms with Gasteiger partial charge in [-0.25, -0.2) is 4.79 Å². The monoisotopic (exact) mass is 433 g/mol. The number of hydrogen-bond acceptors (Lipinski definition) is 5. The number of rotatable bonds is 7. The van der Waals surface area contributed by atoms with Crippen LogP contribution in [-0.2, 0) is 16.1 Å². The van der Waals surface area contributed by atoms with Crippen LogP contribution in [0.4, 0.5) is 0 Å². The van der Waals surface area contributed by atoms with Gasteiger partial charge in [0.1, 0.15) is 12.1 Å². The van der Waals surface area contributed by atoms with E-state index in [9.17, 15) is 4.79 Å². The molecule has 0 saturated carbocycles. The van der Waals surface area contributed by atoms with Crippen molar-refractivity contribution < 1.29 is 14.3 Å². The highest BCUT2D eigenvalue weighted by atomic mass is 35.5. The maximum absolute atomic E-state index is 12.5. The van der Waals surface area contributed by atoms with Gasteiger partial charge in [0.2, 0.25) is 6.10 Å². The van der Waals surface area contributed by atoms with E-state index in [1.807, 2.05) is 65.2 Å². The minimum atomic E-state index is -0.934. The van der Waals surface area contributed by atoms with Gasteiger partial charge in [0, 0.05) is 10.6 Å². The molecular formula is C24H20ClN3O3. The van der Waals surface area contributed by atoms with E-state index >= 15 is 0 Å². The van der Waals surface area contributed by atoms with Gasteiger partial charge in [-0.15, -0.1) is 10.2 Å². The van der Waals surface area contributed by atoms with Crippen LogP contribution < -0.4 is 4.74 Å². The summed E-state index contributed by atoms with van der Waals surface area (Å²) in [6.45, 7) is 0.578. The van der Waals surface area contributed by atoms with Crippen molar-refractivity contribution in [2.75, 3.05) is 7.11 Å². The quantitative estimate of drug-likeness (QED) is 0.386. The number of benzene rings is 3. The minimum Gasteiger partial charge on any atom is -0.473 e. The molecule has 1 atom stereocenters. The number of carbonyl (C=O) groups is 1. The van der Waals surface area contributed by atoms with E-state index in [4.69, 9.17) is 21.1 Å². The highest BCUT2D eigenvalue weighted by molar-refractivity contribution is 6.30. The smallest absolute Gasteiger partial charge is 0.351 e. The van der Waals surface area contributed by atoms with Gasteiger partial charge in [0.05, 0.1) is 19.2 Å². The van der Waals surface area contributed by atoms with Crippen molar-refractivity contribution in [2.24, 2.45) is 0 Å². The molecule has 0 aliphatic rings. The zero-order valence-electron chi connectivity index (χ0n) is 16.8. The molecule has 156 valence electrons. The lowest BCUT2D eigenvalue weighted by molar-refractivity contribution is -0.149. The third-order valence-electron chi connectivity index (χ3n) is 4.76. The Bertz CT molecular complexity index is 1160. The fourth-order valence-electron chi connectivity index (χ4n) is 3.25. The molecule has 3 aromatic carbocycles. The minimum absolute atomic E-state index is 0.450. The van der Waals surface area contributed by atoms with E-state index in [1.165, 1.54) is 7.11 Å². The van der Waals surface area contributed by atoms with Crippen LogP contribution in [-0.4, -0.2) is 27.8 Å². The largest absolute Gasteiger partial charge is 0.473 e. The van der Waals surface area contributed by atoms with Crippen molar-refractivity contribution in [3.8, 4) is 17.1 Å². The summed E-state index contributed by atoms with van der Waals surface area (Å²) in [5, 5.41) is 8.88. The fourth-order valence-corrected chi connectivity index (χ4v) is 3.43. The molecular weight excluding hydrogens is 414 g/mol. The SMILES string of the molecule is COC(=O)C(Oc1ccc(Cl)cc1-c1nncn1Cc1ccccc1)c1ccccc1. The predicted molar refractivity (Wildman–Crippen MR) is 118 cm³/mol. The fraction of sp³-hybridized carbons (Fsp3) is 0.125. The first kappa shape index (κ1) is 20.6. The first-order valence-electron chi connectivity index (χ1n) is 9.67. The number of aromatic nitrogens is 3. The van der Waals surface area contributed by atoms with E-state index in [0.29, 0.717) is 34.3 Å². The predicted octanol–water partition coefficient (Wildman–Crippen LogP) is 4.94. The number of esters is 1. The summed E-state index contributed by atoms with van der Waals surface area (Å²) in [7, 11) is 1.33. The van der Waals surface area contributed by atoms with Crippen LogP contribution >= 0.6 is 11.6 Å². The van der Waals surface area contributed by atoms with Crippen molar-refractivity contribution in [1.82, 2.24) is 14.8 Å². The number of hydrogen-bond donors (Lipinski definition) is 0. The van der Waals surface area contributed by atoms with Crippen LogP contribution in [0.25, 0.3) is 11.4 Å². The van der Waals surface area contributed by atoms with Crippen molar-refractivity contribution in [3.05, 3.63) is 101 Å². The zero-order chi connectivity index (χ0) is 21.6. The van der Waals surface area contributed by atoms with Crippen LogP contribution in [0.3, 0.4) is 0 Å². The Labute approximate surface area is 185 Å². The van der Waals surface area contributed by atoms with Gasteiger partial charge in [-0.2, -0.15) is 0 Å². The molecule has 0 aliphatic heterocycles. The summed E-state index contributed by atoms with van der Waals surface area (Å²) in [5.74, 6) is 0.529. The molecule has 1 aromatic heterocycles. The zero-order valence-corrected chi connectivity index (χ0v) is 17.6. The molecule has 4 rings (SSSR count). The van der Waals surface area contributed by atoms with Crippen LogP contribution in [0.15, 0.2) is 85.2 Å².